The van der Waals surface area contributed by atoms with Crippen LogP contribution in [0.15, 0.2) is 89.8 Å². The molecule has 0 spiro atoms. The molecular weight excluding hydrogens is 488 g/mol. The maximum absolute atomic E-state index is 13.6. The van der Waals surface area contributed by atoms with Crippen LogP contribution in [0.4, 0.5) is 0 Å². The van der Waals surface area contributed by atoms with Gasteiger partial charge in [0.1, 0.15) is 6.04 Å². The summed E-state index contributed by atoms with van der Waals surface area (Å²) in [5.74, 6) is 0.729. The molecule has 0 bridgehead atoms. The number of nitrogens with zero attached hydrogens (tertiary/aromatic N) is 1. The number of hydrogen-bond donors (Lipinski definition) is 1. The lowest BCUT2D eigenvalue weighted by molar-refractivity contribution is -0.141. The third kappa shape index (κ3) is 9.36. The highest BCUT2D eigenvalue weighted by Crippen LogP contribution is 2.22. The van der Waals surface area contributed by atoms with E-state index < -0.39 is 6.04 Å². The Morgan fingerprint density at radius 1 is 0.889 bits per heavy atom. The molecule has 1 unspecified atom stereocenters. The summed E-state index contributed by atoms with van der Waals surface area (Å²) >= 11 is 7.69. The van der Waals surface area contributed by atoms with Crippen molar-refractivity contribution in [2.75, 3.05) is 12.3 Å². The van der Waals surface area contributed by atoms with E-state index >= 15 is 0 Å². The summed E-state index contributed by atoms with van der Waals surface area (Å²) in [6, 6.07) is 27.0. The number of benzene rings is 3. The van der Waals surface area contributed by atoms with Gasteiger partial charge in [0.25, 0.3) is 0 Å². The topological polar surface area (TPSA) is 49.4 Å². The van der Waals surface area contributed by atoms with Gasteiger partial charge in [-0.3, -0.25) is 9.59 Å². The van der Waals surface area contributed by atoms with Gasteiger partial charge in [-0.15, -0.1) is 11.8 Å². The molecular formula is C30H35ClN2O2S. The van der Waals surface area contributed by atoms with Gasteiger partial charge >= 0.3 is 0 Å². The maximum Gasteiger partial charge on any atom is 0.243 e. The fourth-order valence-electron chi connectivity index (χ4n) is 3.93. The quantitative estimate of drug-likeness (QED) is 0.188. The summed E-state index contributed by atoms with van der Waals surface area (Å²) in [7, 11) is 0. The molecule has 0 heterocycles. The first-order valence-corrected chi connectivity index (χ1v) is 14.0. The van der Waals surface area contributed by atoms with E-state index in [2.05, 4.69) is 12.2 Å². The van der Waals surface area contributed by atoms with Gasteiger partial charge in [-0.1, -0.05) is 85.6 Å². The Morgan fingerprint density at radius 3 is 2.17 bits per heavy atom. The van der Waals surface area contributed by atoms with E-state index in [1.807, 2.05) is 84.9 Å². The number of hydrogen-bond acceptors (Lipinski definition) is 3. The van der Waals surface area contributed by atoms with Gasteiger partial charge in [0.15, 0.2) is 0 Å². The number of carbonyl (C=O) groups excluding carboxylic acids is 2. The number of amides is 2. The summed E-state index contributed by atoms with van der Waals surface area (Å²) in [5, 5.41) is 3.79. The number of rotatable bonds is 14. The van der Waals surface area contributed by atoms with Crippen molar-refractivity contribution < 1.29 is 9.59 Å². The summed E-state index contributed by atoms with van der Waals surface area (Å²) in [4.78, 5) is 29.9. The van der Waals surface area contributed by atoms with Gasteiger partial charge in [0, 0.05) is 35.8 Å². The fraction of sp³-hybridized carbons (Fsp3) is 0.333. The Balaban J connectivity index is 1.74. The molecule has 0 aromatic heterocycles. The minimum absolute atomic E-state index is 0.00197. The van der Waals surface area contributed by atoms with Crippen LogP contribution in [-0.4, -0.2) is 35.1 Å². The molecule has 190 valence electrons. The van der Waals surface area contributed by atoms with Crippen molar-refractivity contribution in [1.29, 1.82) is 0 Å². The van der Waals surface area contributed by atoms with Crippen molar-refractivity contribution in [3.05, 3.63) is 101 Å². The van der Waals surface area contributed by atoms with Gasteiger partial charge in [-0.25, -0.2) is 0 Å². The van der Waals surface area contributed by atoms with E-state index in [9.17, 15) is 9.59 Å². The van der Waals surface area contributed by atoms with Crippen molar-refractivity contribution in [3.8, 4) is 0 Å². The molecule has 0 aliphatic carbocycles. The number of carbonyl (C=O) groups is 2. The lowest BCUT2D eigenvalue weighted by atomic mass is 10.0. The number of halogens is 1. The van der Waals surface area contributed by atoms with E-state index in [1.54, 1.807) is 16.7 Å². The van der Waals surface area contributed by atoms with Crippen molar-refractivity contribution in [2.45, 2.75) is 56.5 Å². The Kier molecular flexibility index (Phi) is 11.9. The Bertz CT molecular complexity index is 1060. The van der Waals surface area contributed by atoms with Crippen molar-refractivity contribution in [3.63, 3.8) is 0 Å². The molecule has 1 N–H and O–H groups in total. The molecule has 3 rings (SSSR count). The van der Waals surface area contributed by atoms with Gasteiger partial charge < -0.3 is 10.2 Å². The Hall–Kier alpha value is -2.76. The highest BCUT2D eigenvalue weighted by molar-refractivity contribution is 7.99. The third-order valence-electron chi connectivity index (χ3n) is 5.91. The number of thioether (sulfide) groups is 1. The van der Waals surface area contributed by atoms with Crippen LogP contribution in [0, 0.1) is 0 Å². The van der Waals surface area contributed by atoms with Crippen LogP contribution in [0.5, 0.6) is 0 Å². The smallest absolute Gasteiger partial charge is 0.243 e. The van der Waals surface area contributed by atoms with E-state index in [0.717, 1.165) is 41.0 Å². The van der Waals surface area contributed by atoms with Crippen LogP contribution >= 0.6 is 23.4 Å². The molecule has 0 aliphatic rings. The highest BCUT2D eigenvalue weighted by Gasteiger charge is 2.29. The number of nitrogens with one attached hydrogen (secondary N) is 1. The van der Waals surface area contributed by atoms with Gasteiger partial charge in [-0.05, 0) is 54.0 Å². The zero-order chi connectivity index (χ0) is 25.6. The van der Waals surface area contributed by atoms with Crippen LogP contribution in [-0.2, 0) is 22.6 Å². The molecule has 3 aromatic carbocycles. The Morgan fingerprint density at radius 2 is 1.53 bits per heavy atom. The van der Waals surface area contributed by atoms with Crippen LogP contribution < -0.4 is 5.32 Å². The summed E-state index contributed by atoms with van der Waals surface area (Å²) < 4.78 is 0. The monoisotopic (exact) mass is 522 g/mol. The fourth-order valence-corrected chi connectivity index (χ4v) is 4.91. The largest absolute Gasteiger partial charge is 0.354 e. The molecule has 0 radical (unpaired) electrons. The van der Waals surface area contributed by atoms with E-state index in [1.165, 1.54) is 0 Å². The van der Waals surface area contributed by atoms with Crippen molar-refractivity contribution >= 4 is 35.2 Å². The molecule has 6 heteroatoms. The summed E-state index contributed by atoms with van der Waals surface area (Å²) in [6.07, 6.45) is 3.52. The first-order chi connectivity index (χ1) is 17.6. The van der Waals surface area contributed by atoms with Gasteiger partial charge in [-0.2, -0.15) is 0 Å². The minimum Gasteiger partial charge on any atom is -0.354 e. The predicted octanol–water partition coefficient (Wildman–Crippen LogP) is 6.77. The Labute approximate surface area is 224 Å². The van der Waals surface area contributed by atoms with E-state index in [4.69, 9.17) is 11.6 Å². The maximum atomic E-state index is 13.6. The van der Waals surface area contributed by atoms with Crippen molar-refractivity contribution in [2.24, 2.45) is 0 Å². The van der Waals surface area contributed by atoms with Gasteiger partial charge in [0.2, 0.25) is 11.8 Å². The molecule has 0 fully saturated rings. The van der Waals surface area contributed by atoms with Gasteiger partial charge in [0.05, 0.1) is 0 Å². The summed E-state index contributed by atoms with van der Waals surface area (Å²) in [6.45, 7) is 3.12. The first-order valence-electron chi connectivity index (χ1n) is 12.6. The molecule has 36 heavy (non-hydrogen) atoms. The average molecular weight is 523 g/mol. The van der Waals surface area contributed by atoms with Crippen LogP contribution in [0.25, 0.3) is 0 Å². The second kappa shape index (κ2) is 15.4. The van der Waals surface area contributed by atoms with Crippen LogP contribution in [0.1, 0.15) is 43.7 Å². The average Bonchev–Trinajstić information content (AvgIpc) is 2.91. The highest BCUT2D eigenvalue weighted by atomic mass is 35.5. The number of unbranched alkanes of at least 4 members (excludes halogenated alkanes) is 1. The van der Waals surface area contributed by atoms with Crippen LogP contribution in [0.3, 0.4) is 0 Å². The normalized spacial score (nSPS) is 11.6. The molecule has 2 amide bonds. The van der Waals surface area contributed by atoms with E-state index in [-0.39, 0.29) is 11.8 Å². The minimum atomic E-state index is -0.569. The SMILES string of the molecule is CCCCNC(=O)C(Cc1ccccc1)N(Cc1ccccc1)C(=O)CCCSc1ccc(Cl)cc1. The van der Waals surface area contributed by atoms with E-state index in [0.29, 0.717) is 31.0 Å². The lowest BCUT2D eigenvalue weighted by Crippen LogP contribution is -2.50. The second-order valence-electron chi connectivity index (χ2n) is 8.76. The van der Waals surface area contributed by atoms with Crippen LogP contribution in [0.2, 0.25) is 5.02 Å². The van der Waals surface area contributed by atoms with Crippen molar-refractivity contribution in [1.82, 2.24) is 10.2 Å². The molecule has 3 aromatic rings. The second-order valence-corrected chi connectivity index (χ2v) is 10.4. The molecule has 0 saturated heterocycles. The lowest BCUT2D eigenvalue weighted by Gasteiger charge is -2.31. The summed E-state index contributed by atoms with van der Waals surface area (Å²) in [5.41, 5.74) is 2.05. The first kappa shape index (κ1) is 27.8. The zero-order valence-electron chi connectivity index (χ0n) is 20.9. The predicted molar refractivity (Wildman–Crippen MR) is 150 cm³/mol. The molecule has 1 atom stereocenters. The molecule has 0 aliphatic heterocycles. The standard InChI is InChI=1S/C30H35ClN2O2S/c1-2-3-20-32-30(35)28(22-24-11-6-4-7-12-24)33(23-25-13-8-5-9-14-25)29(34)15-10-21-36-27-18-16-26(31)17-19-27/h4-9,11-14,16-19,28H,2-3,10,15,20-23H2,1H3,(H,32,35). The molecule has 4 nitrogen and oxygen atoms in total. The zero-order valence-corrected chi connectivity index (χ0v) is 22.4. The molecule has 0 saturated carbocycles. The third-order valence-corrected chi connectivity index (χ3v) is 7.26.